The highest BCUT2D eigenvalue weighted by molar-refractivity contribution is 6.30. The first-order valence-corrected chi connectivity index (χ1v) is 5.55. The molecule has 2 aromatic rings. The number of benzene rings is 1. The van der Waals surface area contributed by atoms with E-state index >= 15 is 0 Å². The predicted octanol–water partition coefficient (Wildman–Crippen LogP) is 2.00. The lowest BCUT2D eigenvalue weighted by molar-refractivity contribution is 0.0941. The van der Waals surface area contributed by atoms with Crippen LogP contribution in [-0.4, -0.2) is 15.7 Å². The number of hydrogen-bond donors (Lipinski definition) is 1. The Morgan fingerprint density at radius 1 is 1.47 bits per heavy atom. The van der Waals surface area contributed by atoms with Gasteiger partial charge in [0.25, 0.3) is 5.91 Å². The molecule has 17 heavy (non-hydrogen) atoms. The number of carbonyl (C=O) groups excluding carboxylic acids is 1. The van der Waals surface area contributed by atoms with Crippen molar-refractivity contribution in [2.24, 2.45) is 7.05 Å². The maximum atomic E-state index is 11.8. The minimum Gasteiger partial charge on any atom is -0.347 e. The molecule has 2 rings (SSSR count). The van der Waals surface area contributed by atoms with Gasteiger partial charge in [-0.3, -0.25) is 9.48 Å². The number of aryl methyl sites for hydroxylation is 1. The van der Waals surface area contributed by atoms with E-state index in [0.29, 0.717) is 17.3 Å². The van der Waals surface area contributed by atoms with Gasteiger partial charge in [0.1, 0.15) is 5.69 Å². The molecular weight excluding hydrogens is 238 g/mol. The van der Waals surface area contributed by atoms with Crippen molar-refractivity contribution in [1.29, 1.82) is 0 Å². The van der Waals surface area contributed by atoms with Crippen LogP contribution in [0.3, 0.4) is 0 Å². The van der Waals surface area contributed by atoms with Gasteiger partial charge < -0.3 is 5.32 Å². The topological polar surface area (TPSA) is 46.9 Å². The minimum atomic E-state index is -0.148. The Balaban J connectivity index is 1.99. The summed E-state index contributed by atoms with van der Waals surface area (Å²) in [4.78, 5) is 11.8. The van der Waals surface area contributed by atoms with Crippen LogP contribution in [0, 0.1) is 0 Å². The van der Waals surface area contributed by atoms with Gasteiger partial charge in [0.05, 0.1) is 0 Å². The van der Waals surface area contributed by atoms with Crippen molar-refractivity contribution in [2.75, 3.05) is 0 Å². The molecule has 88 valence electrons. The zero-order chi connectivity index (χ0) is 12.3. The fourth-order valence-corrected chi connectivity index (χ4v) is 1.73. The van der Waals surface area contributed by atoms with Crippen LogP contribution in [0.25, 0.3) is 0 Å². The van der Waals surface area contributed by atoms with Crippen LogP contribution < -0.4 is 5.32 Å². The minimum absolute atomic E-state index is 0.148. The number of carbonyl (C=O) groups is 1. The van der Waals surface area contributed by atoms with E-state index in [1.165, 1.54) is 4.68 Å². The highest BCUT2D eigenvalue weighted by atomic mass is 35.5. The standard InChI is InChI=1S/C12H12ClN3O/c1-16-11(5-6-15-16)12(17)14-8-9-3-2-4-10(13)7-9/h2-7H,8H2,1H3,(H,14,17). The Morgan fingerprint density at radius 3 is 2.94 bits per heavy atom. The van der Waals surface area contributed by atoms with Crippen LogP contribution in [-0.2, 0) is 13.6 Å². The lowest BCUT2D eigenvalue weighted by Crippen LogP contribution is -2.25. The highest BCUT2D eigenvalue weighted by Gasteiger charge is 2.08. The van der Waals surface area contributed by atoms with Crippen molar-refractivity contribution in [3.63, 3.8) is 0 Å². The first-order valence-electron chi connectivity index (χ1n) is 5.17. The van der Waals surface area contributed by atoms with E-state index in [4.69, 9.17) is 11.6 Å². The van der Waals surface area contributed by atoms with Crippen molar-refractivity contribution in [2.45, 2.75) is 6.54 Å². The van der Waals surface area contributed by atoms with E-state index in [2.05, 4.69) is 10.4 Å². The van der Waals surface area contributed by atoms with E-state index in [1.807, 2.05) is 18.2 Å². The molecule has 0 fully saturated rings. The summed E-state index contributed by atoms with van der Waals surface area (Å²) in [7, 11) is 1.73. The monoisotopic (exact) mass is 249 g/mol. The quantitative estimate of drug-likeness (QED) is 0.905. The molecule has 0 spiro atoms. The average Bonchev–Trinajstić information content (AvgIpc) is 2.72. The first kappa shape index (κ1) is 11.7. The Morgan fingerprint density at radius 2 is 2.29 bits per heavy atom. The van der Waals surface area contributed by atoms with Crippen LogP contribution in [0.5, 0.6) is 0 Å². The summed E-state index contributed by atoms with van der Waals surface area (Å²) < 4.78 is 1.54. The van der Waals surface area contributed by atoms with Crippen molar-refractivity contribution in [3.8, 4) is 0 Å². The van der Waals surface area contributed by atoms with Gasteiger partial charge in [-0.1, -0.05) is 23.7 Å². The van der Waals surface area contributed by atoms with Crippen molar-refractivity contribution in [1.82, 2.24) is 15.1 Å². The van der Waals surface area contributed by atoms with Crippen molar-refractivity contribution in [3.05, 3.63) is 52.8 Å². The number of nitrogens with one attached hydrogen (secondary N) is 1. The summed E-state index contributed by atoms with van der Waals surface area (Å²) in [5, 5.41) is 7.42. The van der Waals surface area contributed by atoms with E-state index in [9.17, 15) is 4.79 Å². The van der Waals surface area contributed by atoms with Crippen LogP contribution in [0.15, 0.2) is 36.5 Å². The highest BCUT2D eigenvalue weighted by Crippen LogP contribution is 2.10. The molecule has 0 unspecified atom stereocenters. The van der Waals surface area contributed by atoms with Gasteiger partial charge in [-0.2, -0.15) is 5.10 Å². The largest absolute Gasteiger partial charge is 0.347 e. The molecule has 0 radical (unpaired) electrons. The Kier molecular flexibility index (Phi) is 3.44. The van der Waals surface area contributed by atoms with Gasteiger partial charge in [0.15, 0.2) is 0 Å². The summed E-state index contributed by atoms with van der Waals surface area (Å²) in [5.74, 6) is -0.148. The molecule has 0 aliphatic carbocycles. The molecule has 0 bridgehead atoms. The smallest absolute Gasteiger partial charge is 0.269 e. The number of amides is 1. The molecular formula is C12H12ClN3O. The summed E-state index contributed by atoms with van der Waals surface area (Å²) in [6, 6.07) is 9.07. The molecule has 0 saturated heterocycles. The third kappa shape index (κ3) is 2.85. The maximum absolute atomic E-state index is 11.8. The maximum Gasteiger partial charge on any atom is 0.269 e. The third-order valence-electron chi connectivity index (χ3n) is 2.40. The molecule has 0 aliphatic heterocycles. The molecule has 1 aromatic carbocycles. The molecule has 1 aromatic heterocycles. The second-order valence-corrected chi connectivity index (χ2v) is 4.09. The number of halogens is 1. The van der Waals surface area contributed by atoms with Gasteiger partial charge in [0.2, 0.25) is 0 Å². The third-order valence-corrected chi connectivity index (χ3v) is 2.63. The molecule has 4 nitrogen and oxygen atoms in total. The van der Waals surface area contributed by atoms with Crippen molar-refractivity contribution < 1.29 is 4.79 Å². The Labute approximate surface area is 104 Å². The van der Waals surface area contributed by atoms with E-state index in [1.54, 1.807) is 25.4 Å². The fraction of sp³-hybridized carbons (Fsp3) is 0.167. The molecule has 0 atom stereocenters. The van der Waals surface area contributed by atoms with Gasteiger partial charge in [-0.25, -0.2) is 0 Å². The van der Waals surface area contributed by atoms with Crippen LogP contribution in [0.2, 0.25) is 5.02 Å². The Hall–Kier alpha value is -1.81. The first-order chi connectivity index (χ1) is 8.16. The Bertz CT molecular complexity index is 536. The lowest BCUT2D eigenvalue weighted by atomic mass is 10.2. The summed E-state index contributed by atoms with van der Waals surface area (Å²) in [6.45, 7) is 0.449. The molecule has 5 heteroatoms. The van der Waals surface area contributed by atoms with Crippen LogP contribution in [0.4, 0.5) is 0 Å². The van der Waals surface area contributed by atoms with Crippen molar-refractivity contribution >= 4 is 17.5 Å². The van der Waals surface area contributed by atoms with Crippen LogP contribution in [0.1, 0.15) is 16.1 Å². The second kappa shape index (κ2) is 5.01. The molecule has 1 N–H and O–H groups in total. The van der Waals surface area contributed by atoms with Gasteiger partial charge in [-0.05, 0) is 23.8 Å². The van der Waals surface area contributed by atoms with E-state index in [0.717, 1.165) is 5.56 Å². The summed E-state index contributed by atoms with van der Waals surface area (Å²) in [5.41, 5.74) is 1.50. The number of rotatable bonds is 3. The van der Waals surface area contributed by atoms with Crippen LogP contribution >= 0.6 is 11.6 Å². The molecule has 1 amide bonds. The summed E-state index contributed by atoms with van der Waals surface area (Å²) >= 11 is 5.86. The zero-order valence-electron chi connectivity index (χ0n) is 9.35. The summed E-state index contributed by atoms with van der Waals surface area (Å²) in [6.07, 6.45) is 1.59. The normalized spacial score (nSPS) is 10.2. The number of nitrogens with zero attached hydrogens (tertiary/aromatic N) is 2. The fourth-order valence-electron chi connectivity index (χ4n) is 1.52. The number of aromatic nitrogens is 2. The van der Waals surface area contributed by atoms with Gasteiger partial charge in [0, 0.05) is 24.8 Å². The second-order valence-electron chi connectivity index (χ2n) is 3.65. The average molecular weight is 250 g/mol. The predicted molar refractivity (Wildman–Crippen MR) is 65.8 cm³/mol. The lowest BCUT2D eigenvalue weighted by Gasteiger charge is -2.05. The SMILES string of the molecule is Cn1nccc1C(=O)NCc1cccc(Cl)c1. The van der Waals surface area contributed by atoms with E-state index in [-0.39, 0.29) is 5.91 Å². The number of hydrogen-bond acceptors (Lipinski definition) is 2. The van der Waals surface area contributed by atoms with E-state index < -0.39 is 0 Å². The molecule has 0 aliphatic rings. The zero-order valence-corrected chi connectivity index (χ0v) is 10.1. The molecule has 1 heterocycles. The molecule has 0 saturated carbocycles. The van der Waals surface area contributed by atoms with Gasteiger partial charge in [-0.15, -0.1) is 0 Å². The van der Waals surface area contributed by atoms with Gasteiger partial charge >= 0.3 is 0 Å².